The maximum absolute atomic E-state index is 11.3. The number of hydrogen-bond acceptors (Lipinski definition) is 5. The number of H-pyrrole nitrogens is 1. The van der Waals surface area contributed by atoms with Gasteiger partial charge in [-0.1, -0.05) is 0 Å². The van der Waals surface area contributed by atoms with E-state index in [1.807, 2.05) is 19.0 Å². The molecule has 0 radical (unpaired) electrons. The van der Waals surface area contributed by atoms with Crippen molar-refractivity contribution >= 4 is 5.91 Å². The minimum absolute atomic E-state index is 0.245. The van der Waals surface area contributed by atoms with E-state index in [4.69, 9.17) is 4.74 Å². The lowest BCUT2D eigenvalue weighted by molar-refractivity contribution is 0.0896. The number of carbonyl (C=O) groups is 1. The van der Waals surface area contributed by atoms with E-state index >= 15 is 0 Å². The van der Waals surface area contributed by atoms with E-state index in [0.29, 0.717) is 19.8 Å². The standard InChI is InChI=1S/C9H17N5O2/c1-14(2)4-6-16-5-3-10-9(15)8-7-11-13-12-8/h7H,3-6H2,1-2H3,(H,10,15)(H,11,12,13). The number of aromatic amines is 1. The molecular weight excluding hydrogens is 210 g/mol. The summed E-state index contributed by atoms with van der Waals surface area (Å²) in [4.78, 5) is 13.4. The normalized spacial score (nSPS) is 10.7. The fourth-order valence-electron chi connectivity index (χ4n) is 0.987. The van der Waals surface area contributed by atoms with Gasteiger partial charge in [0.25, 0.3) is 5.91 Å². The molecule has 0 aromatic carbocycles. The number of nitrogens with one attached hydrogen (secondary N) is 2. The van der Waals surface area contributed by atoms with Crippen molar-refractivity contribution in [2.45, 2.75) is 0 Å². The fraction of sp³-hybridized carbons (Fsp3) is 0.667. The van der Waals surface area contributed by atoms with Crippen molar-refractivity contribution in [1.82, 2.24) is 25.6 Å². The van der Waals surface area contributed by atoms with Crippen LogP contribution >= 0.6 is 0 Å². The molecule has 7 nitrogen and oxygen atoms in total. The zero-order chi connectivity index (χ0) is 11.8. The molecule has 0 saturated carbocycles. The van der Waals surface area contributed by atoms with Crippen molar-refractivity contribution in [3.63, 3.8) is 0 Å². The predicted octanol–water partition coefficient (Wildman–Crippen LogP) is -0.887. The topological polar surface area (TPSA) is 83.1 Å². The minimum Gasteiger partial charge on any atom is -0.378 e. The summed E-state index contributed by atoms with van der Waals surface area (Å²) in [6.07, 6.45) is 1.38. The Morgan fingerprint density at radius 2 is 2.38 bits per heavy atom. The van der Waals surface area contributed by atoms with Crippen molar-refractivity contribution in [2.24, 2.45) is 0 Å². The Morgan fingerprint density at radius 3 is 3.00 bits per heavy atom. The van der Waals surface area contributed by atoms with Crippen LogP contribution in [0, 0.1) is 0 Å². The smallest absolute Gasteiger partial charge is 0.273 e. The van der Waals surface area contributed by atoms with Gasteiger partial charge in [-0.25, -0.2) is 0 Å². The largest absolute Gasteiger partial charge is 0.378 e. The molecule has 1 aromatic rings. The fourth-order valence-corrected chi connectivity index (χ4v) is 0.987. The van der Waals surface area contributed by atoms with Crippen molar-refractivity contribution in [3.05, 3.63) is 11.9 Å². The number of amides is 1. The maximum atomic E-state index is 11.3. The number of aromatic nitrogens is 3. The van der Waals surface area contributed by atoms with E-state index in [1.54, 1.807) is 0 Å². The number of carbonyl (C=O) groups excluding carboxylic acids is 1. The van der Waals surface area contributed by atoms with Gasteiger partial charge < -0.3 is 15.0 Å². The van der Waals surface area contributed by atoms with Crippen LogP contribution in [0.1, 0.15) is 10.5 Å². The molecule has 16 heavy (non-hydrogen) atoms. The molecule has 0 bridgehead atoms. The van der Waals surface area contributed by atoms with Gasteiger partial charge in [0.15, 0.2) is 5.69 Å². The first-order chi connectivity index (χ1) is 7.70. The zero-order valence-electron chi connectivity index (χ0n) is 9.56. The summed E-state index contributed by atoms with van der Waals surface area (Å²) >= 11 is 0. The van der Waals surface area contributed by atoms with Gasteiger partial charge in [-0.2, -0.15) is 15.4 Å². The Bertz CT molecular complexity index is 299. The second kappa shape index (κ2) is 6.91. The van der Waals surface area contributed by atoms with Gasteiger partial charge in [0.1, 0.15) is 0 Å². The average Bonchev–Trinajstić information content (AvgIpc) is 2.75. The van der Waals surface area contributed by atoms with Crippen molar-refractivity contribution < 1.29 is 9.53 Å². The van der Waals surface area contributed by atoms with Crippen molar-refractivity contribution in [3.8, 4) is 0 Å². The molecule has 0 aliphatic heterocycles. The van der Waals surface area contributed by atoms with Crippen LogP contribution in [0.2, 0.25) is 0 Å². The summed E-state index contributed by atoms with van der Waals surface area (Å²) in [5.41, 5.74) is 0.285. The lowest BCUT2D eigenvalue weighted by Gasteiger charge is -2.09. The Morgan fingerprint density at radius 1 is 1.56 bits per heavy atom. The third kappa shape index (κ3) is 4.85. The highest BCUT2D eigenvalue weighted by atomic mass is 16.5. The van der Waals surface area contributed by atoms with Crippen LogP contribution in [0.3, 0.4) is 0 Å². The minimum atomic E-state index is -0.245. The number of ether oxygens (including phenoxy) is 1. The molecule has 1 rings (SSSR count). The van der Waals surface area contributed by atoms with Gasteiger partial charge in [0, 0.05) is 13.1 Å². The number of nitrogens with zero attached hydrogens (tertiary/aromatic N) is 3. The highest BCUT2D eigenvalue weighted by Crippen LogP contribution is 1.87. The SMILES string of the molecule is CN(C)CCOCCNC(=O)c1cn[nH]n1. The van der Waals surface area contributed by atoms with Crippen LogP contribution in [0.5, 0.6) is 0 Å². The van der Waals surface area contributed by atoms with E-state index in [1.165, 1.54) is 6.20 Å². The summed E-state index contributed by atoms with van der Waals surface area (Å²) in [5.74, 6) is -0.245. The predicted molar refractivity (Wildman–Crippen MR) is 58.1 cm³/mol. The summed E-state index contributed by atoms with van der Waals surface area (Å²) in [6.45, 7) is 2.50. The molecule has 1 aromatic heterocycles. The van der Waals surface area contributed by atoms with E-state index < -0.39 is 0 Å². The molecular formula is C9H17N5O2. The summed E-state index contributed by atoms with van der Waals surface area (Å²) in [7, 11) is 3.96. The van der Waals surface area contributed by atoms with Gasteiger partial charge >= 0.3 is 0 Å². The quantitative estimate of drug-likeness (QED) is 0.591. The lowest BCUT2D eigenvalue weighted by atomic mass is 10.4. The molecule has 1 heterocycles. The second-order valence-electron chi connectivity index (χ2n) is 3.53. The van der Waals surface area contributed by atoms with E-state index in [2.05, 4.69) is 20.7 Å². The first kappa shape index (κ1) is 12.6. The molecule has 0 fully saturated rings. The second-order valence-corrected chi connectivity index (χ2v) is 3.53. The van der Waals surface area contributed by atoms with Gasteiger partial charge in [-0.05, 0) is 14.1 Å². The van der Waals surface area contributed by atoms with Crippen molar-refractivity contribution in [2.75, 3.05) is 40.4 Å². The third-order valence-electron chi connectivity index (χ3n) is 1.86. The summed E-state index contributed by atoms with van der Waals surface area (Å²) in [5, 5.41) is 12.3. The molecule has 0 saturated heterocycles. The molecule has 90 valence electrons. The Kier molecular flexibility index (Phi) is 5.44. The average molecular weight is 227 g/mol. The first-order valence-corrected chi connectivity index (χ1v) is 5.06. The molecule has 1 amide bonds. The number of rotatable bonds is 7. The highest BCUT2D eigenvalue weighted by molar-refractivity contribution is 5.91. The molecule has 0 spiro atoms. The van der Waals surface area contributed by atoms with Crippen LogP contribution in [0.15, 0.2) is 6.20 Å². The van der Waals surface area contributed by atoms with Gasteiger partial charge in [-0.15, -0.1) is 0 Å². The Balaban J connectivity index is 2.01. The lowest BCUT2D eigenvalue weighted by Crippen LogP contribution is -2.28. The van der Waals surface area contributed by atoms with Crippen LogP contribution in [-0.4, -0.2) is 66.6 Å². The van der Waals surface area contributed by atoms with Crippen LogP contribution in [0.4, 0.5) is 0 Å². The molecule has 2 N–H and O–H groups in total. The zero-order valence-corrected chi connectivity index (χ0v) is 9.56. The van der Waals surface area contributed by atoms with Crippen LogP contribution < -0.4 is 5.32 Å². The van der Waals surface area contributed by atoms with E-state index in [0.717, 1.165) is 6.54 Å². The van der Waals surface area contributed by atoms with Crippen LogP contribution in [-0.2, 0) is 4.74 Å². The maximum Gasteiger partial charge on any atom is 0.273 e. The van der Waals surface area contributed by atoms with Gasteiger partial charge in [0.2, 0.25) is 0 Å². The third-order valence-corrected chi connectivity index (χ3v) is 1.86. The monoisotopic (exact) mass is 227 g/mol. The molecule has 0 atom stereocenters. The summed E-state index contributed by atoms with van der Waals surface area (Å²) < 4.78 is 5.31. The van der Waals surface area contributed by atoms with E-state index in [9.17, 15) is 4.79 Å². The highest BCUT2D eigenvalue weighted by Gasteiger charge is 2.06. The first-order valence-electron chi connectivity index (χ1n) is 5.06. The molecule has 0 aliphatic rings. The van der Waals surface area contributed by atoms with Gasteiger partial charge in [-0.3, -0.25) is 4.79 Å². The molecule has 0 aliphatic carbocycles. The molecule has 7 heteroatoms. The van der Waals surface area contributed by atoms with Crippen molar-refractivity contribution in [1.29, 1.82) is 0 Å². The number of hydrogen-bond donors (Lipinski definition) is 2. The Labute approximate surface area is 94.2 Å². The van der Waals surface area contributed by atoms with Crippen LogP contribution in [0.25, 0.3) is 0 Å². The number of likely N-dealkylation sites (N-methyl/N-ethyl adjacent to an activating group) is 1. The molecule has 0 unspecified atom stereocenters. The Hall–Kier alpha value is -1.47. The van der Waals surface area contributed by atoms with E-state index in [-0.39, 0.29) is 11.6 Å². The van der Waals surface area contributed by atoms with Gasteiger partial charge in [0.05, 0.1) is 19.4 Å². The summed E-state index contributed by atoms with van der Waals surface area (Å²) in [6, 6.07) is 0.